The van der Waals surface area contributed by atoms with Crippen molar-refractivity contribution in [3.05, 3.63) is 41.7 Å². The zero-order chi connectivity index (χ0) is 12.8. The fourth-order valence-corrected chi connectivity index (χ4v) is 2.22. The highest BCUT2D eigenvalue weighted by atomic mass is 32.1. The number of hydrogen-bond donors (Lipinski definition) is 1. The number of carbonyl (C=O) groups excluding carboxylic acids is 1. The van der Waals surface area contributed by atoms with Crippen LogP contribution in [0.15, 0.2) is 36.0 Å². The summed E-state index contributed by atoms with van der Waals surface area (Å²) < 4.78 is 1.73. The van der Waals surface area contributed by atoms with Crippen LogP contribution >= 0.6 is 11.3 Å². The van der Waals surface area contributed by atoms with Crippen LogP contribution in [0.4, 0.5) is 0 Å². The molecule has 0 aliphatic carbocycles. The Balaban J connectivity index is 1.86. The maximum atomic E-state index is 11.2. The summed E-state index contributed by atoms with van der Waals surface area (Å²) in [6.45, 7) is 2.40. The first kappa shape index (κ1) is 12.5. The van der Waals surface area contributed by atoms with Gasteiger partial charge in [-0.3, -0.25) is 4.79 Å². The van der Waals surface area contributed by atoms with Crippen LogP contribution in [0.5, 0.6) is 0 Å². The van der Waals surface area contributed by atoms with E-state index >= 15 is 0 Å². The maximum Gasteiger partial charge on any atom is 0.243 e. The van der Waals surface area contributed by atoms with Crippen molar-refractivity contribution in [3.63, 3.8) is 0 Å². The average Bonchev–Trinajstić information content (AvgIpc) is 2.99. The molecule has 0 bridgehead atoms. The van der Waals surface area contributed by atoms with Gasteiger partial charge in [0.15, 0.2) is 0 Å². The number of allylic oxidation sites excluding steroid dienone is 1. The molecule has 18 heavy (non-hydrogen) atoms. The van der Waals surface area contributed by atoms with Crippen LogP contribution in [0.2, 0.25) is 0 Å². The van der Waals surface area contributed by atoms with Crippen molar-refractivity contribution in [2.75, 3.05) is 6.54 Å². The molecule has 0 saturated heterocycles. The Labute approximate surface area is 109 Å². The van der Waals surface area contributed by atoms with Crippen LogP contribution in [-0.4, -0.2) is 27.2 Å². The highest BCUT2D eigenvalue weighted by molar-refractivity contribution is 7.12. The molecule has 0 spiro atoms. The highest BCUT2D eigenvalue weighted by Gasteiger charge is 2.04. The first-order valence-electron chi connectivity index (χ1n) is 5.64. The topological polar surface area (TPSA) is 59.8 Å². The molecular formula is C12H14N4OS. The number of thiazole rings is 1. The molecule has 6 heteroatoms. The molecule has 0 aliphatic rings. The standard InChI is InChI=1S/C12H14N4OS/c1-2-4-11(17)13-7-5-10-9-18-12(15-10)16-8-3-6-14-16/h2-4,6,8-9H,5,7H2,1H3,(H,13,17)/b4-2+. The third-order valence-corrected chi connectivity index (χ3v) is 3.12. The molecule has 0 saturated carbocycles. The van der Waals surface area contributed by atoms with E-state index in [0.717, 1.165) is 17.2 Å². The molecule has 0 aromatic carbocycles. The van der Waals surface area contributed by atoms with Crippen LogP contribution in [-0.2, 0) is 11.2 Å². The maximum absolute atomic E-state index is 11.2. The van der Waals surface area contributed by atoms with Gasteiger partial charge in [-0.2, -0.15) is 5.10 Å². The largest absolute Gasteiger partial charge is 0.352 e. The number of carbonyl (C=O) groups is 1. The predicted molar refractivity (Wildman–Crippen MR) is 70.8 cm³/mol. The van der Waals surface area contributed by atoms with Crippen molar-refractivity contribution in [1.82, 2.24) is 20.1 Å². The van der Waals surface area contributed by atoms with E-state index in [1.165, 1.54) is 17.4 Å². The van der Waals surface area contributed by atoms with Gasteiger partial charge in [0.2, 0.25) is 11.0 Å². The molecular weight excluding hydrogens is 248 g/mol. The molecule has 0 fully saturated rings. The second-order valence-electron chi connectivity index (χ2n) is 3.61. The number of aromatic nitrogens is 3. The van der Waals surface area contributed by atoms with E-state index in [2.05, 4.69) is 15.4 Å². The predicted octanol–water partition coefficient (Wildman–Crippen LogP) is 1.56. The number of hydrogen-bond acceptors (Lipinski definition) is 4. The summed E-state index contributed by atoms with van der Waals surface area (Å²) in [4.78, 5) is 15.6. The second kappa shape index (κ2) is 6.11. The van der Waals surface area contributed by atoms with Crippen LogP contribution < -0.4 is 5.32 Å². The summed E-state index contributed by atoms with van der Waals surface area (Å²) in [6.07, 6.45) is 7.53. The van der Waals surface area contributed by atoms with E-state index in [4.69, 9.17) is 0 Å². The van der Waals surface area contributed by atoms with E-state index in [9.17, 15) is 4.79 Å². The van der Waals surface area contributed by atoms with E-state index in [1.54, 1.807) is 17.0 Å². The number of amides is 1. The molecule has 2 heterocycles. The lowest BCUT2D eigenvalue weighted by Gasteiger charge is -1.99. The third-order valence-electron chi connectivity index (χ3n) is 2.24. The lowest BCUT2D eigenvalue weighted by molar-refractivity contribution is -0.116. The van der Waals surface area contributed by atoms with Crippen LogP contribution in [0, 0.1) is 0 Å². The lowest BCUT2D eigenvalue weighted by Crippen LogP contribution is -2.23. The third kappa shape index (κ3) is 3.27. The number of rotatable bonds is 5. The van der Waals surface area contributed by atoms with Gasteiger partial charge in [0.25, 0.3) is 0 Å². The van der Waals surface area contributed by atoms with Gasteiger partial charge in [-0.15, -0.1) is 11.3 Å². The Morgan fingerprint density at radius 3 is 3.22 bits per heavy atom. The number of nitrogens with zero attached hydrogens (tertiary/aromatic N) is 3. The minimum Gasteiger partial charge on any atom is -0.352 e. The van der Waals surface area contributed by atoms with Crippen molar-refractivity contribution in [3.8, 4) is 5.13 Å². The van der Waals surface area contributed by atoms with Gasteiger partial charge in [0.05, 0.1) is 5.69 Å². The average molecular weight is 262 g/mol. The van der Waals surface area contributed by atoms with Crippen LogP contribution in [0.25, 0.3) is 5.13 Å². The smallest absolute Gasteiger partial charge is 0.243 e. The highest BCUT2D eigenvalue weighted by Crippen LogP contribution is 2.13. The Kier molecular flexibility index (Phi) is 4.25. The molecule has 94 valence electrons. The summed E-state index contributed by atoms with van der Waals surface area (Å²) in [5.41, 5.74) is 0.964. The van der Waals surface area contributed by atoms with E-state index in [1.807, 2.05) is 24.6 Å². The molecule has 2 aromatic heterocycles. The van der Waals surface area contributed by atoms with Gasteiger partial charge in [0, 0.05) is 30.7 Å². The Hall–Kier alpha value is -1.95. The quantitative estimate of drug-likeness (QED) is 0.832. The fraction of sp³-hybridized carbons (Fsp3) is 0.250. The van der Waals surface area contributed by atoms with Crippen LogP contribution in [0.3, 0.4) is 0 Å². The van der Waals surface area contributed by atoms with E-state index in [-0.39, 0.29) is 5.91 Å². The number of nitrogens with one attached hydrogen (secondary N) is 1. The summed E-state index contributed by atoms with van der Waals surface area (Å²) >= 11 is 1.54. The van der Waals surface area contributed by atoms with Gasteiger partial charge in [-0.25, -0.2) is 9.67 Å². The minimum atomic E-state index is -0.0694. The molecule has 1 amide bonds. The first-order valence-corrected chi connectivity index (χ1v) is 6.52. The SMILES string of the molecule is C/C=C/C(=O)NCCc1csc(-n2cccn2)n1. The minimum absolute atomic E-state index is 0.0694. The first-order chi connectivity index (χ1) is 8.79. The van der Waals surface area contributed by atoms with Gasteiger partial charge in [-0.05, 0) is 19.1 Å². The zero-order valence-corrected chi connectivity index (χ0v) is 10.9. The summed E-state index contributed by atoms with van der Waals surface area (Å²) in [5, 5.41) is 9.74. The van der Waals surface area contributed by atoms with E-state index in [0.29, 0.717) is 6.54 Å². The van der Waals surface area contributed by atoms with Gasteiger partial charge in [-0.1, -0.05) is 6.08 Å². The lowest BCUT2D eigenvalue weighted by atomic mass is 10.3. The molecule has 5 nitrogen and oxygen atoms in total. The summed E-state index contributed by atoms with van der Waals surface area (Å²) in [5.74, 6) is -0.0694. The Morgan fingerprint density at radius 1 is 1.61 bits per heavy atom. The fourth-order valence-electron chi connectivity index (χ4n) is 1.42. The Bertz CT molecular complexity index is 530. The van der Waals surface area contributed by atoms with Gasteiger partial charge < -0.3 is 5.32 Å². The van der Waals surface area contributed by atoms with Crippen molar-refractivity contribution in [1.29, 1.82) is 0 Å². The van der Waals surface area contributed by atoms with Gasteiger partial charge >= 0.3 is 0 Å². The molecule has 2 aromatic rings. The second-order valence-corrected chi connectivity index (χ2v) is 4.45. The normalized spacial score (nSPS) is 10.9. The molecule has 1 N–H and O–H groups in total. The van der Waals surface area contributed by atoms with Crippen LogP contribution in [0.1, 0.15) is 12.6 Å². The molecule has 0 aliphatic heterocycles. The molecule has 0 unspecified atom stereocenters. The molecule has 0 radical (unpaired) electrons. The summed E-state index contributed by atoms with van der Waals surface area (Å²) in [7, 11) is 0. The van der Waals surface area contributed by atoms with Gasteiger partial charge in [0.1, 0.15) is 0 Å². The van der Waals surface area contributed by atoms with Crippen molar-refractivity contribution < 1.29 is 4.79 Å². The van der Waals surface area contributed by atoms with E-state index < -0.39 is 0 Å². The summed E-state index contributed by atoms with van der Waals surface area (Å²) in [6, 6.07) is 1.86. The van der Waals surface area contributed by atoms with Crippen molar-refractivity contribution in [2.45, 2.75) is 13.3 Å². The van der Waals surface area contributed by atoms with Crippen molar-refractivity contribution in [2.24, 2.45) is 0 Å². The zero-order valence-electron chi connectivity index (χ0n) is 10.0. The Morgan fingerprint density at radius 2 is 2.50 bits per heavy atom. The monoisotopic (exact) mass is 262 g/mol. The molecule has 2 rings (SSSR count). The van der Waals surface area contributed by atoms with Crippen molar-refractivity contribution >= 4 is 17.2 Å². The molecule has 0 atom stereocenters.